The highest BCUT2D eigenvalue weighted by Gasteiger charge is 2.47. The Bertz CT molecular complexity index is 3660. The van der Waals surface area contributed by atoms with Crippen LogP contribution in [0.5, 0.6) is 0 Å². The molecule has 312 valence electrons. The average molecular weight is 844 g/mol. The van der Waals surface area contributed by atoms with Crippen LogP contribution in [0.4, 0.5) is 17.1 Å². The fraction of sp³-hybridized carbons (Fsp3) is 0.0625. The maximum atomic E-state index is 6.50. The molecule has 0 saturated heterocycles. The predicted octanol–water partition coefficient (Wildman–Crippen LogP) is 17.1. The van der Waals surface area contributed by atoms with Crippen LogP contribution in [0.25, 0.3) is 66.4 Å². The maximum Gasteiger partial charge on any atom is 0.143 e. The number of anilines is 3. The molecule has 0 spiro atoms. The first-order valence-electron chi connectivity index (χ1n) is 23.0. The minimum absolute atomic E-state index is 0.0980. The molecule has 2 nitrogen and oxygen atoms in total. The van der Waals surface area contributed by atoms with Crippen LogP contribution in [0.3, 0.4) is 0 Å². The quantitative estimate of drug-likeness (QED) is 0.159. The molecule has 0 N–H and O–H groups in total. The highest BCUT2D eigenvalue weighted by Crippen LogP contribution is 2.59. The largest absolute Gasteiger partial charge is 0.455 e. The SMILES string of the molecule is CC1(C)c2ccccc2-c2ccc(N(c3ccccc3)c3ccc(-c4cccc5c4-c4ccccc4C5(c4ccccc4)c4ccc(-c5cccc6c5oc5ccccc56)cc4)cc3)cc21. The summed E-state index contributed by atoms with van der Waals surface area (Å²) in [5, 5.41) is 2.28. The molecular weight excluding hydrogens is 799 g/mol. The van der Waals surface area contributed by atoms with E-state index in [1.54, 1.807) is 0 Å². The lowest BCUT2D eigenvalue weighted by molar-refractivity contribution is 0.660. The van der Waals surface area contributed by atoms with Crippen LogP contribution in [-0.2, 0) is 10.8 Å². The molecule has 2 aliphatic rings. The monoisotopic (exact) mass is 843 g/mol. The van der Waals surface area contributed by atoms with Gasteiger partial charge in [0.1, 0.15) is 11.2 Å². The summed E-state index contributed by atoms with van der Waals surface area (Å²) >= 11 is 0. The highest BCUT2D eigenvalue weighted by molar-refractivity contribution is 6.09. The smallest absolute Gasteiger partial charge is 0.143 e. The summed E-state index contributed by atoms with van der Waals surface area (Å²) in [4.78, 5) is 2.40. The van der Waals surface area contributed by atoms with Gasteiger partial charge < -0.3 is 9.32 Å². The number of fused-ring (bicyclic) bond motifs is 9. The molecule has 1 heterocycles. The van der Waals surface area contributed by atoms with Crippen molar-refractivity contribution in [2.24, 2.45) is 0 Å². The Labute approximate surface area is 385 Å². The summed E-state index contributed by atoms with van der Waals surface area (Å²) in [5.74, 6) is 0. The van der Waals surface area contributed by atoms with Crippen molar-refractivity contribution >= 4 is 39.0 Å². The molecule has 0 fully saturated rings. The molecule has 2 heteroatoms. The second-order valence-electron chi connectivity index (χ2n) is 18.4. The summed E-state index contributed by atoms with van der Waals surface area (Å²) in [7, 11) is 0. The maximum absolute atomic E-state index is 6.50. The van der Waals surface area contributed by atoms with E-state index in [0.717, 1.165) is 50.1 Å². The lowest BCUT2D eigenvalue weighted by Crippen LogP contribution is -2.28. The molecule has 1 atom stereocenters. The Morgan fingerprint density at radius 1 is 0.348 bits per heavy atom. The zero-order chi connectivity index (χ0) is 44.0. The number of hydrogen-bond donors (Lipinski definition) is 0. The van der Waals surface area contributed by atoms with E-state index in [-0.39, 0.29) is 5.41 Å². The van der Waals surface area contributed by atoms with Gasteiger partial charge in [0.25, 0.3) is 0 Å². The topological polar surface area (TPSA) is 16.4 Å². The Kier molecular flexibility index (Phi) is 8.51. The molecular formula is C64H45NO. The van der Waals surface area contributed by atoms with Gasteiger partial charge in [0.05, 0.1) is 5.41 Å². The molecule has 1 aromatic heterocycles. The molecule has 66 heavy (non-hydrogen) atoms. The van der Waals surface area contributed by atoms with Gasteiger partial charge in [-0.05, 0) is 115 Å². The molecule has 10 aromatic carbocycles. The van der Waals surface area contributed by atoms with E-state index in [2.05, 4.69) is 249 Å². The lowest BCUT2D eigenvalue weighted by Gasteiger charge is -2.34. The second kappa shape index (κ2) is 14.7. The van der Waals surface area contributed by atoms with E-state index in [1.165, 1.54) is 66.8 Å². The molecule has 2 aliphatic carbocycles. The third kappa shape index (κ3) is 5.55. The molecule has 0 radical (unpaired) electrons. The molecule has 11 aromatic rings. The van der Waals surface area contributed by atoms with Gasteiger partial charge in [0.15, 0.2) is 0 Å². The number of benzene rings is 10. The summed E-state index contributed by atoms with van der Waals surface area (Å²) in [6, 6.07) is 86.9. The molecule has 0 bridgehead atoms. The van der Waals surface area contributed by atoms with Crippen molar-refractivity contribution < 1.29 is 4.42 Å². The van der Waals surface area contributed by atoms with Crippen molar-refractivity contribution in [3.63, 3.8) is 0 Å². The predicted molar refractivity (Wildman–Crippen MR) is 274 cm³/mol. The van der Waals surface area contributed by atoms with Crippen LogP contribution >= 0.6 is 0 Å². The van der Waals surface area contributed by atoms with Gasteiger partial charge in [0.2, 0.25) is 0 Å². The Hall–Kier alpha value is -8.20. The lowest BCUT2D eigenvalue weighted by atomic mass is 9.67. The first-order chi connectivity index (χ1) is 32.5. The van der Waals surface area contributed by atoms with Gasteiger partial charge in [-0.2, -0.15) is 0 Å². The van der Waals surface area contributed by atoms with E-state index < -0.39 is 5.41 Å². The molecule has 0 saturated carbocycles. The fourth-order valence-corrected chi connectivity index (χ4v) is 11.6. The highest BCUT2D eigenvalue weighted by atomic mass is 16.3. The van der Waals surface area contributed by atoms with Crippen LogP contribution in [0, 0.1) is 0 Å². The van der Waals surface area contributed by atoms with Crippen molar-refractivity contribution in [2.75, 3.05) is 4.90 Å². The van der Waals surface area contributed by atoms with Crippen molar-refractivity contribution in [3.05, 3.63) is 270 Å². The molecule has 0 aliphatic heterocycles. The average Bonchev–Trinajstić information content (AvgIpc) is 3.99. The third-order valence-corrected chi connectivity index (χ3v) is 14.6. The van der Waals surface area contributed by atoms with Crippen LogP contribution < -0.4 is 4.90 Å². The third-order valence-electron chi connectivity index (χ3n) is 14.6. The van der Waals surface area contributed by atoms with Gasteiger partial charge >= 0.3 is 0 Å². The zero-order valence-corrected chi connectivity index (χ0v) is 36.9. The summed E-state index contributed by atoms with van der Waals surface area (Å²) in [6.07, 6.45) is 0. The summed E-state index contributed by atoms with van der Waals surface area (Å²) < 4.78 is 6.50. The number of para-hydroxylation sites is 3. The Balaban J connectivity index is 0.937. The minimum atomic E-state index is -0.544. The Morgan fingerprint density at radius 3 is 1.68 bits per heavy atom. The zero-order valence-electron chi connectivity index (χ0n) is 36.9. The van der Waals surface area contributed by atoms with Crippen molar-refractivity contribution in [1.29, 1.82) is 0 Å². The van der Waals surface area contributed by atoms with E-state index >= 15 is 0 Å². The van der Waals surface area contributed by atoms with Crippen molar-refractivity contribution in [1.82, 2.24) is 0 Å². The normalized spacial score (nSPS) is 15.3. The minimum Gasteiger partial charge on any atom is -0.455 e. The van der Waals surface area contributed by atoms with Crippen LogP contribution in [-0.4, -0.2) is 0 Å². The number of furan rings is 1. The fourth-order valence-electron chi connectivity index (χ4n) is 11.6. The van der Waals surface area contributed by atoms with Crippen molar-refractivity contribution in [3.8, 4) is 44.5 Å². The first kappa shape index (κ1) is 38.3. The van der Waals surface area contributed by atoms with Crippen LogP contribution in [0.15, 0.2) is 241 Å². The van der Waals surface area contributed by atoms with E-state index in [4.69, 9.17) is 4.42 Å². The van der Waals surface area contributed by atoms with Gasteiger partial charge in [-0.3, -0.25) is 0 Å². The molecule has 0 amide bonds. The summed E-state index contributed by atoms with van der Waals surface area (Å²) in [6.45, 7) is 4.71. The first-order valence-corrected chi connectivity index (χ1v) is 23.0. The molecule has 13 rings (SSSR count). The number of hydrogen-bond acceptors (Lipinski definition) is 2. The van der Waals surface area contributed by atoms with Gasteiger partial charge in [0, 0.05) is 38.8 Å². The summed E-state index contributed by atoms with van der Waals surface area (Å²) in [5.41, 5.74) is 22.2. The van der Waals surface area contributed by atoms with Crippen molar-refractivity contribution in [2.45, 2.75) is 24.7 Å². The second-order valence-corrected chi connectivity index (χ2v) is 18.4. The van der Waals surface area contributed by atoms with Crippen LogP contribution in [0.2, 0.25) is 0 Å². The van der Waals surface area contributed by atoms with Gasteiger partial charge in [-0.25, -0.2) is 0 Å². The van der Waals surface area contributed by atoms with E-state index in [0.29, 0.717) is 0 Å². The van der Waals surface area contributed by atoms with E-state index in [1.807, 2.05) is 6.07 Å². The number of nitrogens with zero attached hydrogens (tertiary/aromatic N) is 1. The standard InChI is InChI=1S/C64H45NO/c1-63(2)56-27-12-9-21-51(56)52-40-39-48(41-59(52)63)65(46-19-7-4-8-20-46)47-37-33-42(34-38-47)49-24-16-29-58-61(49)55-23-10-13-28-57(55)64(58,44-17-5-3-6-18-44)45-35-31-43(32-36-45)50-25-15-26-54-53-22-11-14-30-60(53)66-62(50)54/h3-41H,1-2H3. The molecule has 1 unspecified atom stereocenters. The van der Waals surface area contributed by atoms with Crippen LogP contribution in [0.1, 0.15) is 47.2 Å². The Morgan fingerprint density at radius 2 is 0.879 bits per heavy atom. The van der Waals surface area contributed by atoms with Gasteiger partial charge in [-0.1, -0.05) is 208 Å². The van der Waals surface area contributed by atoms with E-state index in [9.17, 15) is 0 Å². The number of rotatable bonds is 7. The van der Waals surface area contributed by atoms with Gasteiger partial charge in [-0.15, -0.1) is 0 Å².